The maximum atomic E-state index is 12.6. The summed E-state index contributed by atoms with van der Waals surface area (Å²) in [7, 11) is 0. The summed E-state index contributed by atoms with van der Waals surface area (Å²) in [6.07, 6.45) is 1.51. The Morgan fingerprint density at radius 3 is 2.55 bits per heavy atom. The van der Waals surface area contributed by atoms with E-state index in [2.05, 4.69) is 5.32 Å². The molecule has 0 spiro atoms. The first kappa shape index (κ1) is 19.6. The van der Waals surface area contributed by atoms with Crippen molar-refractivity contribution >= 4 is 34.4 Å². The summed E-state index contributed by atoms with van der Waals surface area (Å²) in [6, 6.07) is 18.9. The fraction of sp³-hybridized carbons (Fsp3) is 0.0870. The van der Waals surface area contributed by atoms with Gasteiger partial charge in [0.05, 0.1) is 12.2 Å². The van der Waals surface area contributed by atoms with Crippen LogP contribution in [-0.2, 0) is 4.79 Å². The molecule has 0 atom stereocenters. The molecule has 0 saturated carbocycles. The summed E-state index contributed by atoms with van der Waals surface area (Å²) in [5.74, 6) is -0.986. The van der Waals surface area contributed by atoms with Crippen molar-refractivity contribution in [3.05, 3.63) is 77.4 Å². The molecule has 6 heteroatoms. The van der Waals surface area contributed by atoms with E-state index in [0.29, 0.717) is 17.9 Å². The molecule has 0 heterocycles. The Hall–Kier alpha value is -4.11. The number of hydrogen-bond acceptors (Lipinski definition) is 4. The van der Waals surface area contributed by atoms with E-state index in [9.17, 15) is 14.9 Å². The van der Waals surface area contributed by atoms with E-state index < -0.39 is 11.9 Å². The molecule has 0 aliphatic carbocycles. The van der Waals surface area contributed by atoms with Crippen LogP contribution in [0.3, 0.4) is 0 Å². The Kier molecular flexibility index (Phi) is 5.91. The Bertz CT molecular complexity index is 1160. The van der Waals surface area contributed by atoms with Gasteiger partial charge in [-0.25, -0.2) is 4.79 Å². The van der Waals surface area contributed by atoms with Gasteiger partial charge in [0.2, 0.25) is 0 Å². The van der Waals surface area contributed by atoms with Gasteiger partial charge in [0.25, 0.3) is 5.91 Å². The number of anilines is 1. The molecule has 0 radical (unpaired) electrons. The van der Waals surface area contributed by atoms with E-state index in [1.165, 1.54) is 24.3 Å². The molecule has 0 bridgehead atoms. The molecule has 144 valence electrons. The maximum absolute atomic E-state index is 12.6. The van der Waals surface area contributed by atoms with Crippen molar-refractivity contribution in [2.45, 2.75) is 6.92 Å². The Morgan fingerprint density at radius 1 is 1.10 bits per heavy atom. The van der Waals surface area contributed by atoms with E-state index in [-0.39, 0.29) is 11.1 Å². The zero-order valence-corrected chi connectivity index (χ0v) is 15.7. The summed E-state index contributed by atoms with van der Waals surface area (Å²) in [6.45, 7) is 2.43. The van der Waals surface area contributed by atoms with Crippen molar-refractivity contribution in [2.24, 2.45) is 0 Å². The molecule has 6 nitrogen and oxygen atoms in total. The number of hydrogen-bond donors (Lipinski definition) is 2. The van der Waals surface area contributed by atoms with Crippen LogP contribution in [0.5, 0.6) is 5.75 Å². The third kappa shape index (κ3) is 4.42. The molecule has 1 amide bonds. The lowest BCUT2D eigenvalue weighted by molar-refractivity contribution is -0.112. The number of nitrogens with one attached hydrogen (secondary N) is 1. The van der Waals surface area contributed by atoms with E-state index in [1.807, 2.05) is 37.3 Å². The SMILES string of the molecule is CCOc1ccc(C=C(C#N)C(=O)Nc2cccc(C(=O)O)c2)c2ccccc12. The normalized spacial score (nSPS) is 11.0. The number of fused-ring (bicyclic) bond motifs is 1. The molecule has 0 aliphatic heterocycles. The molecular weight excluding hydrogens is 368 g/mol. The van der Waals surface area contributed by atoms with Crippen LogP contribution in [0.15, 0.2) is 66.2 Å². The van der Waals surface area contributed by atoms with Gasteiger partial charge in [0.15, 0.2) is 0 Å². The third-order valence-corrected chi connectivity index (χ3v) is 4.25. The molecular formula is C23H18N2O4. The van der Waals surface area contributed by atoms with Gasteiger partial charge < -0.3 is 15.2 Å². The highest BCUT2D eigenvalue weighted by molar-refractivity contribution is 6.11. The van der Waals surface area contributed by atoms with Crippen LogP contribution >= 0.6 is 0 Å². The van der Waals surface area contributed by atoms with E-state index in [1.54, 1.807) is 18.2 Å². The van der Waals surface area contributed by atoms with Crippen LogP contribution in [-0.4, -0.2) is 23.6 Å². The second-order valence-corrected chi connectivity index (χ2v) is 6.14. The van der Waals surface area contributed by atoms with Crippen LogP contribution in [0.1, 0.15) is 22.8 Å². The van der Waals surface area contributed by atoms with Gasteiger partial charge in [-0.05, 0) is 48.2 Å². The smallest absolute Gasteiger partial charge is 0.335 e. The number of nitriles is 1. The molecule has 0 aromatic heterocycles. The molecule has 3 aromatic carbocycles. The topological polar surface area (TPSA) is 99.4 Å². The van der Waals surface area contributed by atoms with Crippen LogP contribution in [0, 0.1) is 11.3 Å². The number of carboxylic acid groups (broad SMARTS) is 1. The predicted octanol–water partition coefficient (Wildman–Crippen LogP) is 4.48. The number of rotatable bonds is 6. The second-order valence-electron chi connectivity index (χ2n) is 6.14. The van der Waals surface area contributed by atoms with Crippen molar-refractivity contribution in [3.8, 4) is 11.8 Å². The fourth-order valence-electron chi connectivity index (χ4n) is 2.93. The van der Waals surface area contributed by atoms with Gasteiger partial charge in [-0.3, -0.25) is 4.79 Å². The lowest BCUT2D eigenvalue weighted by Crippen LogP contribution is -2.14. The minimum Gasteiger partial charge on any atom is -0.493 e. The lowest BCUT2D eigenvalue weighted by atomic mass is 10.0. The summed E-state index contributed by atoms with van der Waals surface area (Å²) in [5.41, 5.74) is 0.950. The van der Waals surface area contributed by atoms with Crippen molar-refractivity contribution in [1.82, 2.24) is 0 Å². The minimum atomic E-state index is -1.10. The van der Waals surface area contributed by atoms with Gasteiger partial charge in [0.1, 0.15) is 17.4 Å². The number of aromatic carboxylic acids is 1. The number of carboxylic acids is 1. The van der Waals surface area contributed by atoms with Gasteiger partial charge in [-0.1, -0.05) is 36.4 Å². The first-order chi connectivity index (χ1) is 14.0. The minimum absolute atomic E-state index is 0.0443. The van der Waals surface area contributed by atoms with E-state index in [4.69, 9.17) is 9.84 Å². The highest BCUT2D eigenvalue weighted by Crippen LogP contribution is 2.30. The first-order valence-corrected chi connectivity index (χ1v) is 8.94. The van der Waals surface area contributed by atoms with Crippen molar-refractivity contribution in [1.29, 1.82) is 5.26 Å². The summed E-state index contributed by atoms with van der Waals surface area (Å²) >= 11 is 0. The summed E-state index contributed by atoms with van der Waals surface area (Å²) in [4.78, 5) is 23.6. The van der Waals surface area contributed by atoms with Gasteiger partial charge in [0, 0.05) is 11.1 Å². The fourth-order valence-corrected chi connectivity index (χ4v) is 2.93. The number of carbonyl (C=O) groups is 2. The molecule has 0 unspecified atom stereocenters. The van der Waals surface area contributed by atoms with Gasteiger partial charge in [-0.2, -0.15) is 5.26 Å². The lowest BCUT2D eigenvalue weighted by Gasteiger charge is -2.10. The van der Waals surface area contributed by atoms with Crippen LogP contribution in [0.25, 0.3) is 16.8 Å². The highest BCUT2D eigenvalue weighted by atomic mass is 16.5. The Balaban J connectivity index is 1.95. The second kappa shape index (κ2) is 8.72. The average Bonchev–Trinajstić information content (AvgIpc) is 2.73. The van der Waals surface area contributed by atoms with Gasteiger partial charge in [-0.15, -0.1) is 0 Å². The van der Waals surface area contributed by atoms with Crippen LogP contribution < -0.4 is 10.1 Å². The largest absolute Gasteiger partial charge is 0.493 e. The standard InChI is InChI=1S/C23H18N2O4/c1-2-29-21-11-10-15(19-8-3-4-9-20(19)21)12-17(14-24)22(26)25-18-7-5-6-16(13-18)23(27)28/h3-13H,2H2,1H3,(H,25,26)(H,27,28). The number of amides is 1. The molecule has 0 saturated heterocycles. The quantitative estimate of drug-likeness (QED) is 0.481. The maximum Gasteiger partial charge on any atom is 0.335 e. The zero-order chi connectivity index (χ0) is 20.8. The summed E-state index contributed by atoms with van der Waals surface area (Å²) in [5, 5.41) is 22.9. The highest BCUT2D eigenvalue weighted by Gasteiger charge is 2.13. The summed E-state index contributed by atoms with van der Waals surface area (Å²) < 4.78 is 5.65. The Labute approximate surface area is 167 Å². The molecule has 3 aromatic rings. The van der Waals surface area contributed by atoms with Crippen LogP contribution in [0.2, 0.25) is 0 Å². The molecule has 0 fully saturated rings. The number of benzene rings is 3. The van der Waals surface area contributed by atoms with Crippen molar-refractivity contribution in [2.75, 3.05) is 11.9 Å². The molecule has 0 aliphatic rings. The first-order valence-electron chi connectivity index (χ1n) is 8.94. The average molecular weight is 386 g/mol. The predicted molar refractivity (Wildman–Crippen MR) is 111 cm³/mol. The van der Waals surface area contributed by atoms with Gasteiger partial charge >= 0.3 is 5.97 Å². The molecule has 29 heavy (non-hydrogen) atoms. The zero-order valence-electron chi connectivity index (χ0n) is 15.7. The number of nitrogens with zero attached hydrogens (tertiary/aromatic N) is 1. The molecule has 3 rings (SSSR count). The number of ether oxygens (including phenoxy) is 1. The number of carbonyl (C=O) groups excluding carboxylic acids is 1. The Morgan fingerprint density at radius 2 is 1.86 bits per heavy atom. The monoisotopic (exact) mass is 386 g/mol. The third-order valence-electron chi connectivity index (χ3n) is 4.25. The van der Waals surface area contributed by atoms with Crippen LogP contribution in [0.4, 0.5) is 5.69 Å². The van der Waals surface area contributed by atoms with E-state index >= 15 is 0 Å². The van der Waals surface area contributed by atoms with E-state index in [0.717, 1.165) is 16.5 Å². The van der Waals surface area contributed by atoms with Crippen molar-refractivity contribution < 1.29 is 19.4 Å². The van der Waals surface area contributed by atoms with Crippen molar-refractivity contribution in [3.63, 3.8) is 0 Å². The molecule has 2 N–H and O–H groups in total.